The molecule has 1 heterocycles. The number of anilines is 1. The van der Waals surface area contributed by atoms with E-state index in [2.05, 4.69) is 4.90 Å². The average Bonchev–Trinajstić information content (AvgIpc) is 2.33. The molecule has 1 aromatic rings. The number of carbonyl (C=O) groups is 1. The Hall–Kier alpha value is -1.29. The van der Waals surface area contributed by atoms with Gasteiger partial charge in [0.1, 0.15) is 5.82 Å². The van der Waals surface area contributed by atoms with E-state index in [-0.39, 0.29) is 17.4 Å². The molecule has 0 aliphatic carbocycles. The molecule has 0 bridgehead atoms. The summed E-state index contributed by atoms with van der Waals surface area (Å²) in [5.41, 5.74) is 0.898. The number of rotatable bonds is 3. The molecule has 3 nitrogen and oxygen atoms in total. The Kier molecular flexibility index (Phi) is 4.07. The fourth-order valence-electron chi connectivity index (χ4n) is 2.32. The predicted molar refractivity (Wildman–Crippen MR) is 68.6 cm³/mol. The fourth-order valence-corrected chi connectivity index (χ4v) is 2.50. The van der Waals surface area contributed by atoms with Gasteiger partial charge in [-0.1, -0.05) is 11.6 Å². The van der Waals surface area contributed by atoms with Crippen LogP contribution in [0.5, 0.6) is 0 Å². The second kappa shape index (κ2) is 5.57. The van der Waals surface area contributed by atoms with Gasteiger partial charge < -0.3 is 10.0 Å². The van der Waals surface area contributed by atoms with Crippen molar-refractivity contribution in [2.75, 3.05) is 18.0 Å². The van der Waals surface area contributed by atoms with E-state index in [1.165, 1.54) is 6.07 Å². The zero-order chi connectivity index (χ0) is 13.1. The Morgan fingerprint density at radius 3 is 2.67 bits per heavy atom. The molecule has 1 aliphatic heterocycles. The lowest BCUT2D eigenvalue weighted by Gasteiger charge is -2.33. The SMILES string of the molecule is O=C(O)CC1CCN(c2ccc(F)c(Cl)c2)CC1. The van der Waals surface area contributed by atoms with Gasteiger partial charge in [-0.15, -0.1) is 0 Å². The van der Waals surface area contributed by atoms with Crippen molar-refractivity contribution >= 4 is 23.3 Å². The van der Waals surface area contributed by atoms with Crippen molar-refractivity contribution in [1.29, 1.82) is 0 Å². The summed E-state index contributed by atoms with van der Waals surface area (Å²) in [5.74, 6) is -0.908. The summed E-state index contributed by atoms with van der Waals surface area (Å²) >= 11 is 5.75. The molecular weight excluding hydrogens is 257 g/mol. The van der Waals surface area contributed by atoms with E-state index in [4.69, 9.17) is 16.7 Å². The molecule has 0 atom stereocenters. The second-order valence-corrected chi connectivity index (χ2v) is 5.03. The molecule has 1 fully saturated rings. The minimum atomic E-state index is -0.738. The first-order valence-electron chi connectivity index (χ1n) is 5.98. The van der Waals surface area contributed by atoms with Crippen LogP contribution in [0.3, 0.4) is 0 Å². The Labute approximate surface area is 110 Å². The minimum Gasteiger partial charge on any atom is -0.481 e. The van der Waals surface area contributed by atoms with Crippen molar-refractivity contribution in [3.05, 3.63) is 29.0 Å². The molecule has 1 N–H and O–H groups in total. The second-order valence-electron chi connectivity index (χ2n) is 4.63. The molecule has 0 aromatic heterocycles. The van der Waals surface area contributed by atoms with Gasteiger partial charge >= 0.3 is 5.97 Å². The largest absolute Gasteiger partial charge is 0.481 e. The lowest BCUT2D eigenvalue weighted by Crippen LogP contribution is -2.34. The van der Waals surface area contributed by atoms with Crippen molar-refractivity contribution in [2.45, 2.75) is 19.3 Å². The first-order chi connectivity index (χ1) is 8.56. The van der Waals surface area contributed by atoms with Gasteiger partial charge in [-0.3, -0.25) is 4.79 Å². The zero-order valence-electron chi connectivity index (χ0n) is 9.90. The summed E-state index contributed by atoms with van der Waals surface area (Å²) in [7, 11) is 0. The average molecular weight is 272 g/mol. The molecule has 0 spiro atoms. The number of hydrogen-bond acceptors (Lipinski definition) is 2. The van der Waals surface area contributed by atoms with E-state index in [0.717, 1.165) is 31.6 Å². The molecule has 5 heteroatoms. The quantitative estimate of drug-likeness (QED) is 0.918. The number of nitrogens with zero attached hydrogens (tertiary/aromatic N) is 1. The molecule has 0 unspecified atom stereocenters. The van der Waals surface area contributed by atoms with Crippen LogP contribution in [-0.4, -0.2) is 24.2 Å². The van der Waals surface area contributed by atoms with Crippen LogP contribution in [0, 0.1) is 11.7 Å². The van der Waals surface area contributed by atoms with Crippen LogP contribution in [0.2, 0.25) is 5.02 Å². The highest BCUT2D eigenvalue weighted by Crippen LogP contribution is 2.28. The van der Waals surface area contributed by atoms with E-state index in [9.17, 15) is 9.18 Å². The smallest absolute Gasteiger partial charge is 0.303 e. The first-order valence-corrected chi connectivity index (χ1v) is 6.36. The third kappa shape index (κ3) is 3.13. The molecule has 1 saturated heterocycles. The molecule has 98 valence electrons. The highest BCUT2D eigenvalue weighted by molar-refractivity contribution is 6.31. The molecule has 0 radical (unpaired) electrons. The Bertz CT molecular complexity index is 445. The fraction of sp³-hybridized carbons (Fsp3) is 0.462. The van der Waals surface area contributed by atoms with Crippen molar-refractivity contribution in [3.63, 3.8) is 0 Å². The molecular formula is C13H15ClFNO2. The summed E-state index contributed by atoms with van der Waals surface area (Å²) < 4.78 is 13.1. The van der Waals surface area contributed by atoms with Gasteiger partial charge in [0.25, 0.3) is 0 Å². The topological polar surface area (TPSA) is 40.5 Å². The van der Waals surface area contributed by atoms with E-state index in [0.29, 0.717) is 0 Å². The zero-order valence-corrected chi connectivity index (χ0v) is 10.7. The first kappa shape index (κ1) is 13.1. The maximum Gasteiger partial charge on any atom is 0.303 e. The number of carboxylic acid groups (broad SMARTS) is 1. The Balaban J connectivity index is 1.96. The predicted octanol–water partition coefficient (Wildman–Crippen LogP) is 3.17. The van der Waals surface area contributed by atoms with Gasteiger partial charge in [-0.05, 0) is 37.0 Å². The van der Waals surface area contributed by atoms with Crippen LogP contribution in [0.15, 0.2) is 18.2 Å². The Morgan fingerprint density at radius 2 is 2.11 bits per heavy atom. The minimum absolute atomic E-state index is 0.125. The van der Waals surface area contributed by atoms with Gasteiger partial charge in [0.2, 0.25) is 0 Å². The summed E-state index contributed by atoms with van der Waals surface area (Å²) in [4.78, 5) is 12.7. The summed E-state index contributed by atoms with van der Waals surface area (Å²) in [6.07, 6.45) is 1.93. The van der Waals surface area contributed by atoms with Gasteiger partial charge in [0, 0.05) is 25.2 Å². The van der Waals surface area contributed by atoms with Gasteiger partial charge in [0.15, 0.2) is 0 Å². The standard InChI is InChI=1S/C13H15ClFNO2/c14-11-8-10(1-2-12(11)15)16-5-3-9(4-6-16)7-13(17)18/h1-2,8-9H,3-7H2,(H,17,18). The Morgan fingerprint density at radius 1 is 1.44 bits per heavy atom. The molecule has 1 aromatic carbocycles. The maximum atomic E-state index is 13.1. The van der Waals surface area contributed by atoms with Gasteiger partial charge in [-0.25, -0.2) is 4.39 Å². The van der Waals surface area contributed by atoms with Crippen LogP contribution < -0.4 is 4.90 Å². The molecule has 0 saturated carbocycles. The number of benzene rings is 1. The number of carboxylic acids is 1. The summed E-state index contributed by atoms with van der Waals surface area (Å²) in [6, 6.07) is 4.69. The normalized spacial score (nSPS) is 16.9. The number of halogens is 2. The van der Waals surface area contributed by atoms with Crippen molar-refractivity contribution in [2.24, 2.45) is 5.92 Å². The lowest BCUT2D eigenvalue weighted by molar-refractivity contribution is -0.138. The van der Waals surface area contributed by atoms with E-state index < -0.39 is 11.8 Å². The molecule has 18 heavy (non-hydrogen) atoms. The highest BCUT2D eigenvalue weighted by atomic mass is 35.5. The molecule has 0 amide bonds. The van der Waals surface area contributed by atoms with Crippen LogP contribution in [-0.2, 0) is 4.79 Å². The summed E-state index contributed by atoms with van der Waals surface area (Å²) in [5, 5.41) is 8.87. The lowest BCUT2D eigenvalue weighted by atomic mass is 9.93. The van der Waals surface area contributed by atoms with Crippen molar-refractivity contribution < 1.29 is 14.3 Å². The van der Waals surface area contributed by atoms with E-state index >= 15 is 0 Å². The molecule has 2 rings (SSSR count). The third-order valence-corrected chi connectivity index (χ3v) is 3.64. The van der Waals surface area contributed by atoms with Crippen LogP contribution in [0.4, 0.5) is 10.1 Å². The number of aliphatic carboxylic acids is 1. The monoisotopic (exact) mass is 271 g/mol. The van der Waals surface area contributed by atoms with Gasteiger partial charge in [-0.2, -0.15) is 0 Å². The van der Waals surface area contributed by atoms with Gasteiger partial charge in [0.05, 0.1) is 5.02 Å². The third-order valence-electron chi connectivity index (χ3n) is 3.35. The van der Waals surface area contributed by atoms with Crippen LogP contribution in [0.1, 0.15) is 19.3 Å². The number of piperidine rings is 1. The molecule has 1 aliphatic rings. The maximum absolute atomic E-state index is 13.1. The highest BCUT2D eigenvalue weighted by Gasteiger charge is 2.21. The van der Waals surface area contributed by atoms with E-state index in [1.807, 2.05) is 0 Å². The summed E-state index contributed by atoms with van der Waals surface area (Å²) in [6.45, 7) is 1.58. The van der Waals surface area contributed by atoms with Crippen molar-refractivity contribution in [3.8, 4) is 0 Å². The van der Waals surface area contributed by atoms with Crippen molar-refractivity contribution in [1.82, 2.24) is 0 Å². The van der Waals surface area contributed by atoms with Crippen LogP contribution in [0.25, 0.3) is 0 Å². The number of hydrogen-bond donors (Lipinski definition) is 1. The van der Waals surface area contributed by atoms with Crippen LogP contribution >= 0.6 is 11.6 Å². The van der Waals surface area contributed by atoms with E-state index in [1.54, 1.807) is 12.1 Å².